The Kier molecular flexibility index (Phi) is 6.49. The van der Waals surface area contributed by atoms with Crippen molar-refractivity contribution >= 4 is 28.3 Å². The topological polar surface area (TPSA) is 70.1 Å². The lowest BCUT2D eigenvalue weighted by Gasteiger charge is -2.17. The number of nitrogens with zero attached hydrogens (tertiary/aromatic N) is 3. The Hall–Kier alpha value is -3.77. The lowest BCUT2D eigenvalue weighted by atomic mass is 10.1. The fourth-order valence-corrected chi connectivity index (χ4v) is 4.46. The Labute approximate surface area is 200 Å². The summed E-state index contributed by atoms with van der Waals surface area (Å²) in [6.07, 6.45) is 4.14. The maximum absolute atomic E-state index is 12.8. The molecule has 2 N–H and O–H groups in total. The quantitative estimate of drug-likeness (QED) is 0.380. The maximum atomic E-state index is 12.8. The average Bonchev–Trinajstić information content (AvgIpc) is 3.38. The standard InChI is InChI=1S/C28H29N5O/c1-20(31-27-25-9-2-3-10-26(25)29-19-30-27)23-7-6-8-24(17-23)32-28(34)22-13-11-21(12-14-22)18-33-15-4-5-16-33/h2-3,6-14,17,19-20H,4-5,15-16,18H2,1H3,(H,32,34)(H,29,30,31). The second kappa shape index (κ2) is 10.0. The molecule has 0 saturated carbocycles. The molecule has 172 valence electrons. The lowest BCUT2D eigenvalue weighted by molar-refractivity contribution is 0.102. The molecule has 1 saturated heterocycles. The van der Waals surface area contributed by atoms with Crippen molar-refractivity contribution < 1.29 is 4.79 Å². The van der Waals surface area contributed by atoms with Crippen molar-refractivity contribution in [2.75, 3.05) is 23.7 Å². The van der Waals surface area contributed by atoms with Gasteiger partial charge in [0.15, 0.2) is 0 Å². The van der Waals surface area contributed by atoms with E-state index >= 15 is 0 Å². The molecular weight excluding hydrogens is 422 g/mol. The molecule has 0 bridgehead atoms. The Morgan fingerprint density at radius 1 is 0.971 bits per heavy atom. The van der Waals surface area contributed by atoms with Crippen LogP contribution in [-0.2, 0) is 6.54 Å². The van der Waals surface area contributed by atoms with E-state index in [-0.39, 0.29) is 11.9 Å². The van der Waals surface area contributed by atoms with Crippen molar-refractivity contribution in [2.24, 2.45) is 0 Å². The third-order valence-corrected chi connectivity index (χ3v) is 6.36. The number of rotatable bonds is 7. The molecule has 1 amide bonds. The molecule has 1 aliphatic heterocycles. The molecule has 3 aromatic carbocycles. The summed E-state index contributed by atoms with van der Waals surface area (Å²) in [5.74, 6) is 0.689. The SMILES string of the molecule is CC(Nc1ncnc2ccccc12)c1cccc(NC(=O)c2ccc(CN3CCCC3)cc2)c1. The molecule has 0 spiro atoms. The van der Waals surface area contributed by atoms with Gasteiger partial charge in [-0.15, -0.1) is 0 Å². The monoisotopic (exact) mass is 451 g/mol. The summed E-state index contributed by atoms with van der Waals surface area (Å²) >= 11 is 0. The molecule has 0 aliphatic carbocycles. The Morgan fingerprint density at radius 2 is 1.76 bits per heavy atom. The number of hydrogen-bond donors (Lipinski definition) is 2. The minimum Gasteiger partial charge on any atom is -0.363 e. The van der Waals surface area contributed by atoms with Crippen LogP contribution in [0.1, 0.15) is 47.3 Å². The van der Waals surface area contributed by atoms with Crippen molar-refractivity contribution in [3.63, 3.8) is 0 Å². The molecule has 4 aromatic rings. The molecule has 0 radical (unpaired) electrons. The number of carbonyl (C=O) groups is 1. The van der Waals surface area contributed by atoms with E-state index in [1.54, 1.807) is 6.33 Å². The van der Waals surface area contributed by atoms with Crippen LogP contribution >= 0.6 is 0 Å². The van der Waals surface area contributed by atoms with Crippen LogP contribution < -0.4 is 10.6 Å². The van der Waals surface area contributed by atoms with E-state index in [1.807, 2.05) is 60.7 Å². The van der Waals surface area contributed by atoms with Gasteiger partial charge in [0.2, 0.25) is 0 Å². The van der Waals surface area contributed by atoms with Gasteiger partial charge in [0.05, 0.1) is 11.6 Å². The highest BCUT2D eigenvalue weighted by molar-refractivity contribution is 6.04. The van der Waals surface area contributed by atoms with E-state index in [2.05, 4.69) is 44.6 Å². The zero-order valence-corrected chi connectivity index (χ0v) is 19.4. The largest absolute Gasteiger partial charge is 0.363 e. The van der Waals surface area contributed by atoms with Crippen LogP contribution in [0.3, 0.4) is 0 Å². The summed E-state index contributed by atoms with van der Waals surface area (Å²) in [6.45, 7) is 5.37. The van der Waals surface area contributed by atoms with E-state index < -0.39 is 0 Å². The number of amides is 1. The summed E-state index contributed by atoms with van der Waals surface area (Å²) < 4.78 is 0. The highest BCUT2D eigenvalue weighted by Crippen LogP contribution is 2.25. The number of likely N-dealkylation sites (tertiary alicyclic amines) is 1. The average molecular weight is 452 g/mol. The molecule has 1 aliphatic rings. The zero-order chi connectivity index (χ0) is 23.3. The Bertz CT molecular complexity index is 1280. The van der Waals surface area contributed by atoms with Crippen LogP contribution in [0.5, 0.6) is 0 Å². The predicted octanol–water partition coefficient (Wildman–Crippen LogP) is 5.65. The molecular formula is C28H29N5O. The molecule has 1 fully saturated rings. The third-order valence-electron chi connectivity index (χ3n) is 6.36. The van der Waals surface area contributed by atoms with Gasteiger partial charge < -0.3 is 10.6 Å². The molecule has 2 heterocycles. The number of para-hydroxylation sites is 1. The minimum atomic E-state index is -0.104. The number of hydrogen-bond acceptors (Lipinski definition) is 5. The van der Waals surface area contributed by atoms with Crippen LogP contribution in [0.15, 0.2) is 79.1 Å². The maximum Gasteiger partial charge on any atom is 0.255 e. The summed E-state index contributed by atoms with van der Waals surface area (Å²) in [5.41, 5.74) is 4.64. The molecule has 34 heavy (non-hydrogen) atoms. The second-order valence-electron chi connectivity index (χ2n) is 8.87. The first-order valence-corrected chi connectivity index (χ1v) is 11.8. The molecule has 1 aromatic heterocycles. The number of anilines is 2. The van der Waals surface area contributed by atoms with Crippen LogP contribution in [0.4, 0.5) is 11.5 Å². The van der Waals surface area contributed by atoms with E-state index in [0.29, 0.717) is 5.56 Å². The van der Waals surface area contributed by atoms with Crippen molar-refractivity contribution in [1.29, 1.82) is 0 Å². The van der Waals surface area contributed by atoms with Gasteiger partial charge in [-0.2, -0.15) is 0 Å². The molecule has 6 nitrogen and oxygen atoms in total. The zero-order valence-electron chi connectivity index (χ0n) is 19.4. The molecule has 1 atom stereocenters. The van der Waals surface area contributed by atoms with Crippen molar-refractivity contribution in [2.45, 2.75) is 32.4 Å². The summed E-state index contributed by atoms with van der Waals surface area (Å²) in [4.78, 5) is 24.0. The van der Waals surface area contributed by atoms with E-state index in [0.717, 1.165) is 34.5 Å². The molecule has 1 unspecified atom stereocenters. The van der Waals surface area contributed by atoms with E-state index in [4.69, 9.17) is 0 Å². The van der Waals surface area contributed by atoms with Crippen LogP contribution in [-0.4, -0.2) is 33.9 Å². The third kappa shape index (κ3) is 5.07. The predicted molar refractivity (Wildman–Crippen MR) is 137 cm³/mol. The van der Waals surface area contributed by atoms with Gasteiger partial charge >= 0.3 is 0 Å². The number of carbonyl (C=O) groups excluding carboxylic acids is 1. The smallest absolute Gasteiger partial charge is 0.255 e. The first-order valence-electron chi connectivity index (χ1n) is 11.8. The molecule has 6 heteroatoms. The Morgan fingerprint density at radius 3 is 2.59 bits per heavy atom. The summed E-state index contributed by atoms with van der Waals surface area (Å²) in [6, 6.07) is 23.8. The number of nitrogens with one attached hydrogen (secondary N) is 2. The van der Waals surface area contributed by atoms with Crippen molar-refractivity contribution in [3.8, 4) is 0 Å². The van der Waals surface area contributed by atoms with Gasteiger partial charge in [-0.3, -0.25) is 9.69 Å². The highest BCUT2D eigenvalue weighted by atomic mass is 16.1. The number of fused-ring (bicyclic) bond motifs is 1. The Balaban J connectivity index is 1.25. The summed E-state index contributed by atoms with van der Waals surface area (Å²) in [7, 11) is 0. The normalized spacial score (nSPS) is 14.7. The lowest BCUT2D eigenvalue weighted by Crippen LogP contribution is -2.18. The van der Waals surface area contributed by atoms with Gasteiger partial charge in [-0.25, -0.2) is 9.97 Å². The first kappa shape index (κ1) is 22.0. The van der Waals surface area contributed by atoms with Gasteiger partial charge in [0.1, 0.15) is 12.1 Å². The van der Waals surface area contributed by atoms with Crippen LogP contribution in [0.25, 0.3) is 10.9 Å². The van der Waals surface area contributed by atoms with Gasteiger partial charge in [-0.05, 0) is 80.4 Å². The fourth-order valence-electron chi connectivity index (χ4n) is 4.46. The van der Waals surface area contributed by atoms with E-state index in [9.17, 15) is 4.79 Å². The van der Waals surface area contributed by atoms with Crippen molar-refractivity contribution in [1.82, 2.24) is 14.9 Å². The first-order chi connectivity index (χ1) is 16.7. The van der Waals surface area contributed by atoms with E-state index in [1.165, 1.54) is 31.5 Å². The second-order valence-corrected chi connectivity index (χ2v) is 8.87. The van der Waals surface area contributed by atoms with Crippen LogP contribution in [0, 0.1) is 0 Å². The van der Waals surface area contributed by atoms with Crippen LogP contribution in [0.2, 0.25) is 0 Å². The molecule has 5 rings (SSSR count). The van der Waals surface area contributed by atoms with Gasteiger partial charge in [0.25, 0.3) is 5.91 Å². The van der Waals surface area contributed by atoms with Gasteiger partial charge in [0, 0.05) is 23.2 Å². The van der Waals surface area contributed by atoms with Gasteiger partial charge in [-0.1, -0.05) is 36.4 Å². The minimum absolute atomic E-state index is 0.0000268. The fraction of sp³-hybridized carbons (Fsp3) is 0.250. The number of benzene rings is 3. The number of aromatic nitrogens is 2. The summed E-state index contributed by atoms with van der Waals surface area (Å²) in [5, 5.41) is 7.50. The highest BCUT2D eigenvalue weighted by Gasteiger charge is 2.13. The van der Waals surface area contributed by atoms with Crippen molar-refractivity contribution in [3.05, 3.63) is 95.8 Å².